The first-order valence-electron chi connectivity index (χ1n) is 9.97. The lowest BCUT2D eigenvalue weighted by molar-refractivity contribution is -0.149. The van der Waals surface area contributed by atoms with Crippen molar-refractivity contribution in [2.24, 2.45) is 11.8 Å². The van der Waals surface area contributed by atoms with E-state index in [1.807, 2.05) is 4.90 Å². The predicted molar refractivity (Wildman–Crippen MR) is 97.0 cm³/mol. The Labute approximate surface area is 159 Å². The van der Waals surface area contributed by atoms with E-state index in [0.717, 1.165) is 38.4 Å². The summed E-state index contributed by atoms with van der Waals surface area (Å²) in [6, 6.07) is 1.52. The van der Waals surface area contributed by atoms with Gasteiger partial charge < -0.3 is 24.4 Å². The van der Waals surface area contributed by atoms with Crippen LogP contribution in [-0.4, -0.2) is 78.8 Å². The Hall–Kier alpha value is -1.93. The molecular formula is C19H28N4O4. The van der Waals surface area contributed by atoms with Crippen molar-refractivity contribution in [1.82, 2.24) is 20.3 Å². The predicted octanol–water partition coefficient (Wildman–Crippen LogP) is 0.754. The molecule has 3 aliphatic rings. The van der Waals surface area contributed by atoms with Gasteiger partial charge in [-0.05, 0) is 50.6 Å². The van der Waals surface area contributed by atoms with Gasteiger partial charge in [0.15, 0.2) is 5.69 Å². The van der Waals surface area contributed by atoms with Crippen molar-refractivity contribution < 1.29 is 18.8 Å². The third-order valence-corrected chi connectivity index (χ3v) is 5.78. The van der Waals surface area contributed by atoms with Crippen LogP contribution in [0.4, 0.5) is 0 Å². The van der Waals surface area contributed by atoms with Crippen molar-refractivity contribution in [2.75, 3.05) is 45.9 Å². The summed E-state index contributed by atoms with van der Waals surface area (Å²) in [7, 11) is 0. The highest BCUT2D eigenvalue weighted by molar-refractivity contribution is 5.91. The highest BCUT2D eigenvalue weighted by Crippen LogP contribution is 2.31. The van der Waals surface area contributed by atoms with Gasteiger partial charge in [-0.15, -0.1) is 0 Å². The van der Waals surface area contributed by atoms with Gasteiger partial charge in [-0.1, -0.05) is 5.16 Å². The number of ether oxygens (including phenoxy) is 1. The zero-order chi connectivity index (χ0) is 18.6. The largest absolute Gasteiger partial charge is 0.365 e. The molecule has 0 spiro atoms. The van der Waals surface area contributed by atoms with Crippen molar-refractivity contribution >= 4 is 11.8 Å². The van der Waals surface area contributed by atoms with E-state index >= 15 is 0 Å². The minimum Gasteiger partial charge on any atom is -0.365 e. The van der Waals surface area contributed by atoms with Crippen LogP contribution in [0, 0.1) is 11.8 Å². The van der Waals surface area contributed by atoms with Crippen LogP contribution in [0.25, 0.3) is 0 Å². The SMILES string of the molecule is O=C(NC[C@H]1CN(CC2CCN(CC3CC3)CC2)C(=O)CO1)c1ccon1. The number of hydrogen-bond acceptors (Lipinski definition) is 6. The van der Waals surface area contributed by atoms with Crippen molar-refractivity contribution in [2.45, 2.75) is 31.8 Å². The van der Waals surface area contributed by atoms with E-state index in [4.69, 9.17) is 4.74 Å². The molecule has 1 aromatic heterocycles. The molecule has 1 atom stereocenters. The summed E-state index contributed by atoms with van der Waals surface area (Å²) in [4.78, 5) is 28.7. The summed E-state index contributed by atoms with van der Waals surface area (Å²) in [5.41, 5.74) is 0.247. The quantitative estimate of drug-likeness (QED) is 0.756. The fourth-order valence-electron chi connectivity index (χ4n) is 3.94. The van der Waals surface area contributed by atoms with Gasteiger partial charge in [-0.3, -0.25) is 9.59 Å². The second kappa shape index (κ2) is 8.39. The number of rotatable bonds is 7. The van der Waals surface area contributed by atoms with Crippen LogP contribution in [0.15, 0.2) is 16.9 Å². The lowest BCUT2D eigenvalue weighted by atomic mass is 9.95. The van der Waals surface area contributed by atoms with Crippen molar-refractivity contribution in [1.29, 1.82) is 0 Å². The molecule has 8 nitrogen and oxygen atoms in total. The van der Waals surface area contributed by atoms with Gasteiger partial charge >= 0.3 is 0 Å². The molecule has 1 aliphatic carbocycles. The van der Waals surface area contributed by atoms with Crippen LogP contribution in [0.1, 0.15) is 36.2 Å². The van der Waals surface area contributed by atoms with E-state index in [0.29, 0.717) is 19.0 Å². The van der Waals surface area contributed by atoms with Gasteiger partial charge in [0.25, 0.3) is 5.91 Å². The topological polar surface area (TPSA) is 87.9 Å². The first kappa shape index (κ1) is 18.4. The summed E-state index contributed by atoms with van der Waals surface area (Å²) in [5, 5.41) is 6.41. The van der Waals surface area contributed by atoms with Crippen LogP contribution < -0.4 is 5.32 Å². The first-order valence-corrected chi connectivity index (χ1v) is 9.97. The highest BCUT2D eigenvalue weighted by Gasteiger charge is 2.31. The maximum Gasteiger partial charge on any atom is 0.273 e. The van der Waals surface area contributed by atoms with E-state index in [1.165, 1.54) is 31.7 Å². The van der Waals surface area contributed by atoms with E-state index < -0.39 is 0 Å². The Balaban J connectivity index is 1.20. The van der Waals surface area contributed by atoms with Crippen molar-refractivity contribution in [3.05, 3.63) is 18.0 Å². The smallest absolute Gasteiger partial charge is 0.273 e. The monoisotopic (exact) mass is 376 g/mol. The van der Waals surface area contributed by atoms with Crippen molar-refractivity contribution in [3.63, 3.8) is 0 Å². The Morgan fingerprint density at radius 1 is 1.19 bits per heavy atom. The average molecular weight is 376 g/mol. The summed E-state index contributed by atoms with van der Waals surface area (Å²) < 4.78 is 10.3. The molecule has 0 unspecified atom stereocenters. The summed E-state index contributed by atoms with van der Waals surface area (Å²) in [5.74, 6) is 1.26. The highest BCUT2D eigenvalue weighted by atomic mass is 16.5. The number of hydrogen-bond donors (Lipinski definition) is 1. The maximum absolute atomic E-state index is 12.2. The van der Waals surface area contributed by atoms with Crippen LogP contribution >= 0.6 is 0 Å². The maximum atomic E-state index is 12.2. The molecule has 1 N–H and O–H groups in total. The molecule has 2 saturated heterocycles. The van der Waals surface area contributed by atoms with E-state index in [1.54, 1.807) is 0 Å². The average Bonchev–Trinajstić information content (AvgIpc) is 3.31. The molecule has 2 amide bonds. The minimum absolute atomic E-state index is 0.0505. The van der Waals surface area contributed by atoms with Crippen LogP contribution in [-0.2, 0) is 9.53 Å². The standard InChI is InChI=1S/C19H28N4O4/c24-18-13-26-16(9-20-19(25)17-5-8-27-21-17)12-23(18)11-15-3-6-22(7-4-15)10-14-1-2-14/h5,8,14-16H,1-4,6-7,9-13H2,(H,20,25)/t16-/m0/s1. The molecule has 3 fully saturated rings. The van der Waals surface area contributed by atoms with E-state index in [9.17, 15) is 9.59 Å². The van der Waals surface area contributed by atoms with Crippen LogP contribution in [0.5, 0.6) is 0 Å². The number of aromatic nitrogens is 1. The van der Waals surface area contributed by atoms with Crippen LogP contribution in [0.3, 0.4) is 0 Å². The lowest BCUT2D eigenvalue weighted by Gasteiger charge is -2.38. The first-order chi connectivity index (χ1) is 13.2. The Bertz CT molecular complexity index is 638. The normalized spacial score (nSPS) is 25.0. The van der Waals surface area contributed by atoms with E-state index in [-0.39, 0.29) is 30.2 Å². The fourth-order valence-corrected chi connectivity index (χ4v) is 3.94. The molecule has 0 bridgehead atoms. The van der Waals surface area contributed by atoms with Gasteiger partial charge in [-0.2, -0.15) is 0 Å². The molecule has 1 saturated carbocycles. The Kier molecular flexibility index (Phi) is 5.73. The second-order valence-electron chi connectivity index (χ2n) is 8.01. The summed E-state index contributed by atoms with van der Waals surface area (Å²) in [6.45, 7) is 5.33. The Morgan fingerprint density at radius 2 is 1.96 bits per heavy atom. The van der Waals surface area contributed by atoms with Gasteiger partial charge in [0.2, 0.25) is 5.91 Å². The fraction of sp³-hybridized carbons (Fsp3) is 0.737. The van der Waals surface area contributed by atoms with Crippen molar-refractivity contribution in [3.8, 4) is 0 Å². The number of likely N-dealkylation sites (tertiary alicyclic amines) is 1. The zero-order valence-electron chi connectivity index (χ0n) is 15.6. The molecule has 27 heavy (non-hydrogen) atoms. The number of nitrogens with zero attached hydrogens (tertiary/aromatic N) is 3. The third kappa shape index (κ3) is 5.07. The molecule has 2 aliphatic heterocycles. The lowest BCUT2D eigenvalue weighted by Crippen LogP contribution is -2.52. The molecular weight excluding hydrogens is 348 g/mol. The summed E-state index contributed by atoms with van der Waals surface area (Å²) in [6.07, 6.45) is 6.29. The number of carbonyl (C=O) groups excluding carboxylic acids is 2. The third-order valence-electron chi connectivity index (χ3n) is 5.78. The molecule has 1 aromatic rings. The number of nitrogens with one attached hydrogen (secondary N) is 1. The molecule has 4 rings (SSSR count). The number of amides is 2. The van der Waals surface area contributed by atoms with Gasteiger partial charge in [0, 0.05) is 32.2 Å². The summed E-state index contributed by atoms with van der Waals surface area (Å²) >= 11 is 0. The number of morpholine rings is 1. The van der Waals surface area contributed by atoms with Crippen LogP contribution in [0.2, 0.25) is 0 Å². The molecule has 0 radical (unpaired) electrons. The van der Waals surface area contributed by atoms with E-state index in [2.05, 4.69) is 19.9 Å². The Morgan fingerprint density at radius 3 is 2.67 bits per heavy atom. The minimum atomic E-state index is -0.293. The zero-order valence-corrected chi connectivity index (χ0v) is 15.6. The second-order valence-corrected chi connectivity index (χ2v) is 8.01. The molecule has 0 aromatic carbocycles. The number of piperidine rings is 1. The van der Waals surface area contributed by atoms with Gasteiger partial charge in [0.05, 0.1) is 6.10 Å². The molecule has 8 heteroatoms. The molecule has 148 valence electrons. The molecule has 3 heterocycles. The number of carbonyl (C=O) groups is 2. The van der Waals surface area contributed by atoms with Gasteiger partial charge in [0.1, 0.15) is 12.9 Å². The van der Waals surface area contributed by atoms with Gasteiger partial charge in [-0.25, -0.2) is 0 Å².